The normalized spacial score (nSPS) is 11.4. The minimum absolute atomic E-state index is 0.0670. The summed E-state index contributed by atoms with van der Waals surface area (Å²) < 4.78 is 2.58. The van der Waals surface area contributed by atoms with Gasteiger partial charge < -0.3 is 5.11 Å². The van der Waals surface area contributed by atoms with Crippen LogP contribution in [0.4, 0.5) is 0 Å². The molecule has 0 aliphatic heterocycles. The van der Waals surface area contributed by atoms with Crippen molar-refractivity contribution in [3.8, 4) is 0 Å². The molecule has 0 atom stereocenters. The van der Waals surface area contributed by atoms with Gasteiger partial charge in [-0.1, -0.05) is 26.7 Å². The fraction of sp³-hybridized carbons (Fsp3) is 0.500. The van der Waals surface area contributed by atoms with Crippen molar-refractivity contribution >= 4 is 27.5 Å². The standard InChI is InChI=1S/C14H18N2O4S/c1-4-8(5-2)7-16-11(17)9-6-10(13(18)19)21-12(9)15(3)14(16)20/h6,8H,4-5,7H2,1-3H3,(H,18,19). The van der Waals surface area contributed by atoms with Crippen LogP contribution in [0, 0.1) is 5.92 Å². The quantitative estimate of drug-likeness (QED) is 0.914. The summed E-state index contributed by atoms with van der Waals surface area (Å²) >= 11 is 0.950. The van der Waals surface area contributed by atoms with E-state index in [0.29, 0.717) is 16.8 Å². The first-order chi connectivity index (χ1) is 9.90. The van der Waals surface area contributed by atoms with Crippen molar-refractivity contribution in [2.24, 2.45) is 13.0 Å². The van der Waals surface area contributed by atoms with Crippen molar-refractivity contribution in [1.82, 2.24) is 9.13 Å². The molecule has 1 N–H and O–H groups in total. The van der Waals surface area contributed by atoms with Crippen molar-refractivity contribution in [3.05, 3.63) is 31.8 Å². The van der Waals surface area contributed by atoms with Crippen LogP contribution in [0.15, 0.2) is 15.7 Å². The maximum atomic E-state index is 12.5. The highest BCUT2D eigenvalue weighted by Crippen LogP contribution is 2.21. The van der Waals surface area contributed by atoms with Crippen LogP contribution in [0.25, 0.3) is 10.2 Å². The number of aryl methyl sites for hydroxylation is 1. The second-order valence-corrected chi connectivity index (χ2v) is 6.11. The Morgan fingerprint density at radius 1 is 1.33 bits per heavy atom. The third-order valence-electron chi connectivity index (χ3n) is 3.82. The summed E-state index contributed by atoms with van der Waals surface area (Å²) in [4.78, 5) is 36.3. The van der Waals surface area contributed by atoms with Crippen molar-refractivity contribution in [3.63, 3.8) is 0 Å². The topological polar surface area (TPSA) is 81.3 Å². The predicted octanol–water partition coefficient (Wildman–Crippen LogP) is 1.90. The number of thiophene rings is 1. The molecule has 2 aromatic rings. The number of fused-ring (bicyclic) bond motifs is 1. The molecule has 0 bridgehead atoms. The first-order valence-corrected chi connectivity index (χ1v) is 7.68. The Morgan fingerprint density at radius 3 is 2.48 bits per heavy atom. The summed E-state index contributed by atoms with van der Waals surface area (Å²) in [5, 5.41) is 9.34. The van der Waals surface area contributed by atoms with Crippen LogP contribution >= 0.6 is 11.3 Å². The zero-order chi connectivity index (χ0) is 15.7. The number of carboxylic acid groups (broad SMARTS) is 1. The summed E-state index contributed by atoms with van der Waals surface area (Å²) in [6, 6.07) is 1.35. The first-order valence-electron chi connectivity index (χ1n) is 6.87. The summed E-state index contributed by atoms with van der Waals surface area (Å²) in [6.07, 6.45) is 1.77. The first kappa shape index (κ1) is 15.5. The van der Waals surface area contributed by atoms with E-state index in [2.05, 4.69) is 0 Å². The monoisotopic (exact) mass is 310 g/mol. The van der Waals surface area contributed by atoms with Crippen molar-refractivity contribution < 1.29 is 9.90 Å². The summed E-state index contributed by atoms with van der Waals surface area (Å²) in [6.45, 7) is 4.41. The molecule has 6 nitrogen and oxygen atoms in total. The van der Waals surface area contributed by atoms with Gasteiger partial charge in [-0.3, -0.25) is 13.9 Å². The molecule has 2 heterocycles. The Hall–Kier alpha value is -1.89. The van der Waals surface area contributed by atoms with Gasteiger partial charge in [0.2, 0.25) is 0 Å². The molecular formula is C14H18N2O4S. The van der Waals surface area contributed by atoms with Gasteiger partial charge in [-0.15, -0.1) is 11.3 Å². The van der Waals surface area contributed by atoms with E-state index >= 15 is 0 Å². The number of rotatable bonds is 5. The van der Waals surface area contributed by atoms with Crippen LogP contribution < -0.4 is 11.2 Å². The van der Waals surface area contributed by atoms with Gasteiger partial charge >= 0.3 is 11.7 Å². The third kappa shape index (κ3) is 2.65. The molecule has 21 heavy (non-hydrogen) atoms. The van der Waals surface area contributed by atoms with Gasteiger partial charge in [0.1, 0.15) is 9.71 Å². The minimum Gasteiger partial charge on any atom is -0.477 e. The van der Waals surface area contributed by atoms with Gasteiger partial charge in [-0.2, -0.15) is 0 Å². The van der Waals surface area contributed by atoms with Crippen LogP contribution in [-0.2, 0) is 13.6 Å². The average Bonchev–Trinajstić information content (AvgIpc) is 2.91. The lowest BCUT2D eigenvalue weighted by atomic mass is 10.0. The van der Waals surface area contributed by atoms with E-state index in [-0.39, 0.29) is 10.8 Å². The SMILES string of the molecule is CCC(CC)Cn1c(=O)c2cc(C(=O)O)sc2n(C)c1=O. The van der Waals surface area contributed by atoms with Gasteiger partial charge in [0, 0.05) is 13.6 Å². The van der Waals surface area contributed by atoms with Crippen molar-refractivity contribution in [2.45, 2.75) is 33.2 Å². The smallest absolute Gasteiger partial charge is 0.345 e. The molecule has 0 radical (unpaired) electrons. The predicted molar refractivity (Wildman–Crippen MR) is 82.4 cm³/mol. The average molecular weight is 310 g/mol. The van der Waals surface area contributed by atoms with Gasteiger partial charge in [0.05, 0.1) is 5.39 Å². The molecule has 2 rings (SSSR count). The Morgan fingerprint density at radius 2 is 1.95 bits per heavy atom. The molecular weight excluding hydrogens is 292 g/mol. The van der Waals surface area contributed by atoms with Gasteiger partial charge in [0.15, 0.2) is 0 Å². The number of carboxylic acids is 1. The van der Waals surface area contributed by atoms with Crippen LogP contribution in [0.5, 0.6) is 0 Å². The van der Waals surface area contributed by atoms with Crippen LogP contribution in [0.3, 0.4) is 0 Å². The van der Waals surface area contributed by atoms with E-state index < -0.39 is 17.2 Å². The third-order valence-corrected chi connectivity index (χ3v) is 5.02. The highest BCUT2D eigenvalue weighted by molar-refractivity contribution is 7.20. The number of aromatic nitrogens is 2. The molecule has 0 fully saturated rings. The summed E-state index contributed by atoms with van der Waals surface area (Å²) in [5.74, 6) is -0.833. The summed E-state index contributed by atoms with van der Waals surface area (Å²) in [5.41, 5.74) is -0.790. The van der Waals surface area contributed by atoms with E-state index in [1.165, 1.54) is 15.2 Å². The molecule has 0 amide bonds. The van der Waals surface area contributed by atoms with E-state index in [4.69, 9.17) is 5.11 Å². The molecule has 0 aromatic carbocycles. The van der Waals surface area contributed by atoms with Crippen molar-refractivity contribution in [1.29, 1.82) is 0 Å². The molecule has 0 saturated carbocycles. The lowest BCUT2D eigenvalue weighted by Crippen LogP contribution is -2.40. The number of nitrogens with zero attached hydrogens (tertiary/aromatic N) is 2. The van der Waals surface area contributed by atoms with E-state index in [0.717, 1.165) is 24.2 Å². The Bertz CT molecular complexity index is 796. The highest BCUT2D eigenvalue weighted by atomic mass is 32.1. The van der Waals surface area contributed by atoms with Gasteiger partial charge in [-0.25, -0.2) is 9.59 Å². The van der Waals surface area contributed by atoms with Crippen molar-refractivity contribution in [2.75, 3.05) is 0 Å². The molecule has 0 aliphatic rings. The van der Waals surface area contributed by atoms with E-state index in [1.807, 2.05) is 13.8 Å². The van der Waals surface area contributed by atoms with Gasteiger partial charge in [-0.05, 0) is 12.0 Å². The lowest BCUT2D eigenvalue weighted by molar-refractivity contribution is 0.0702. The number of aromatic carboxylic acids is 1. The second-order valence-electron chi connectivity index (χ2n) is 5.07. The highest BCUT2D eigenvalue weighted by Gasteiger charge is 2.18. The number of hydrogen-bond acceptors (Lipinski definition) is 4. The maximum Gasteiger partial charge on any atom is 0.345 e. The van der Waals surface area contributed by atoms with Crippen LogP contribution in [0.1, 0.15) is 36.4 Å². The van der Waals surface area contributed by atoms with Crippen LogP contribution in [0.2, 0.25) is 0 Å². The Balaban J connectivity index is 2.70. The molecule has 0 aliphatic carbocycles. The zero-order valence-electron chi connectivity index (χ0n) is 12.3. The minimum atomic E-state index is -1.09. The molecule has 0 unspecified atom stereocenters. The molecule has 0 saturated heterocycles. The Labute approximate surface area is 125 Å². The zero-order valence-corrected chi connectivity index (χ0v) is 13.1. The van der Waals surface area contributed by atoms with Gasteiger partial charge in [0.25, 0.3) is 5.56 Å². The van der Waals surface area contributed by atoms with E-state index in [9.17, 15) is 14.4 Å². The number of hydrogen-bond donors (Lipinski definition) is 1. The fourth-order valence-corrected chi connectivity index (χ4v) is 3.30. The number of carbonyl (C=O) groups is 1. The lowest BCUT2D eigenvalue weighted by Gasteiger charge is -2.14. The van der Waals surface area contributed by atoms with Crippen LogP contribution in [-0.4, -0.2) is 20.2 Å². The molecule has 7 heteroatoms. The second kappa shape index (κ2) is 5.85. The summed E-state index contributed by atoms with van der Waals surface area (Å²) in [7, 11) is 1.57. The molecule has 2 aromatic heterocycles. The van der Waals surface area contributed by atoms with E-state index in [1.54, 1.807) is 7.05 Å². The largest absolute Gasteiger partial charge is 0.477 e. The Kier molecular flexibility index (Phi) is 4.32. The fourth-order valence-electron chi connectivity index (χ4n) is 2.36. The molecule has 114 valence electrons. The maximum absolute atomic E-state index is 12.5. The molecule has 0 spiro atoms.